The Hall–Kier alpha value is -1.55. The van der Waals surface area contributed by atoms with Gasteiger partial charge in [-0.3, -0.25) is 10.2 Å². The minimum Gasteiger partial charge on any atom is -0.379 e. The van der Waals surface area contributed by atoms with Crippen LogP contribution >= 0.6 is 0 Å². The summed E-state index contributed by atoms with van der Waals surface area (Å²) in [4.78, 5) is 12.2. The number of carbonyl (C=O) groups excluding carboxylic acids is 1. The van der Waals surface area contributed by atoms with E-state index in [2.05, 4.69) is 5.43 Å². The van der Waals surface area contributed by atoms with Crippen molar-refractivity contribution in [1.82, 2.24) is 14.7 Å². The number of hydrogen-bond acceptors (Lipinski definition) is 5. The standard InChI is InChI=1S/C18H26FN3O4S/c1-14-4-5-16(12-17(14)19)27(24,25)22-6-2-3-15(13-22)11-18(23)20-21-7-9-26-10-8-21/h4-5,12,15H,2-3,6-11,13H2,1H3,(H,20,23). The Labute approximate surface area is 159 Å². The number of hydrogen-bond donors (Lipinski definition) is 1. The molecule has 0 bridgehead atoms. The van der Waals surface area contributed by atoms with Crippen molar-refractivity contribution in [3.05, 3.63) is 29.6 Å². The first-order valence-corrected chi connectivity index (χ1v) is 10.7. The Kier molecular flexibility index (Phi) is 6.46. The molecule has 1 unspecified atom stereocenters. The number of piperidine rings is 1. The van der Waals surface area contributed by atoms with E-state index < -0.39 is 15.8 Å². The van der Waals surface area contributed by atoms with Crippen molar-refractivity contribution in [3.63, 3.8) is 0 Å². The minimum absolute atomic E-state index is 0.0379. The molecule has 1 atom stereocenters. The van der Waals surface area contributed by atoms with Crippen molar-refractivity contribution in [2.45, 2.75) is 31.1 Å². The van der Waals surface area contributed by atoms with Gasteiger partial charge in [0.2, 0.25) is 15.9 Å². The van der Waals surface area contributed by atoms with E-state index in [0.717, 1.165) is 12.5 Å². The largest absolute Gasteiger partial charge is 0.379 e. The molecule has 0 aliphatic carbocycles. The van der Waals surface area contributed by atoms with Gasteiger partial charge in [-0.15, -0.1) is 0 Å². The van der Waals surface area contributed by atoms with Gasteiger partial charge in [0.05, 0.1) is 18.1 Å². The van der Waals surface area contributed by atoms with Gasteiger partial charge in [0.1, 0.15) is 5.82 Å². The normalized spacial score (nSPS) is 22.5. The number of nitrogens with zero attached hydrogens (tertiary/aromatic N) is 2. The first-order chi connectivity index (χ1) is 12.9. The van der Waals surface area contributed by atoms with Crippen LogP contribution in [0.4, 0.5) is 4.39 Å². The third kappa shape index (κ3) is 5.04. The van der Waals surface area contributed by atoms with Gasteiger partial charge in [0.15, 0.2) is 0 Å². The van der Waals surface area contributed by atoms with Gasteiger partial charge in [-0.05, 0) is 43.4 Å². The van der Waals surface area contributed by atoms with Crippen molar-refractivity contribution in [1.29, 1.82) is 0 Å². The lowest BCUT2D eigenvalue weighted by molar-refractivity contribution is -0.129. The number of benzene rings is 1. The van der Waals surface area contributed by atoms with E-state index in [1.165, 1.54) is 16.4 Å². The fourth-order valence-electron chi connectivity index (χ4n) is 3.45. The zero-order valence-corrected chi connectivity index (χ0v) is 16.3. The predicted molar refractivity (Wildman–Crippen MR) is 97.8 cm³/mol. The lowest BCUT2D eigenvalue weighted by atomic mass is 9.96. The van der Waals surface area contributed by atoms with Crippen molar-refractivity contribution < 1.29 is 22.3 Å². The van der Waals surface area contributed by atoms with Gasteiger partial charge in [-0.25, -0.2) is 17.8 Å². The van der Waals surface area contributed by atoms with Gasteiger partial charge in [0, 0.05) is 32.6 Å². The number of amides is 1. The summed E-state index contributed by atoms with van der Waals surface area (Å²) in [7, 11) is -3.76. The average Bonchev–Trinajstić information content (AvgIpc) is 2.65. The summed E-state index contributed by atoms with van der Waals surface area (Å²) in [5.41, 5.74) is 3.27. The zero-order valence-electron chi connectivity index (χ0n) is 15.5. The third-order valence-electron chi connectivity index (χ3n) is 5.03. The molecule has 27 heavy (non-hydrogen) atoms. The summed E-state index contributed by atoms with van der Waals surface area (Å²) in [6, 6.07) is 3.97. The molecule has 1 aromatic carbocycles. The number of nitrogens with one attached hydrogen (secondary N) is 1. The van der Waals surface area contributed by atoms with Gasteiger partial charge in [-0.2, -0.15) is 4.31 Å². The average molecular weight is 399 g/mol. The van der Waals surface area contributed by atoms with Crippen molar-refractivity contribution in [2.75, 3.05) is 39.4 Å². The van der Waals surface area contributed by atoms with E-state index in [4.69, 9.17) is 4.74 Å². The first-order valence-electron chi connectivity index (χ1n) is 9.25. The second-order valence-corrected chi connectivity index (χ2v) is 9.06. The summed E-state index contributed by atoms with van der Waals surface area (Å²) in [6.07, 6.45) is 1.75. The lowest BCUT2D eigenvalue weighted by Gasteiger charge is -2.32. The summed E-state index contributed by atoms with van der Waals surface area (Å²) < 4.78 is 46.1. The highest BCUT2D eigenvalue weighted by atomic mass is 32.2. The second kappa shape index (κ2) is 8.64. The highest BCUT2D eigenvalue weighted by molar-refractivity contribution is 7.89. The highest BCUT2D eigenvalue weighted by Gasteiger charge is 2.31. The molecule has 2 fully saturated rings. The van der Waals surface area contributed by atoms with Crippen LogP contribution in [-0.2, 0) is 19.6 Å². The van der Waals surface area contributed by atoms with E-state index in [1.807, 2.05) is 5.01 Å². The Balaban J connectivity index is 1.61. The fourth-order valence-corrected chi connectivity index (χ4v) is 5.02. The second-order valence-electron chi connectivity index (χ2n) is 7.12. The van der Waals surface area contributed by atoms with E-state index >= 15 is 0 Å². The number of carbonyl (C=O) groups is 1. The van der Waals surface area contributed by atoms with Crippen LogP contribution in [0, 0.1) is 18.7 Å². The van der Waals surface area contributed by atoms with Crippen LogP contribution in [0.5, 0.6) is 0 Å². The first kappa shape index (κ1) is 20.2. The van der Waals surface area contributed by atoms with Gasteiger partial charge in [-0.1, -0.05) is 6.07 Å². The molecule has 9 heteroatoms. The Morgan fingerprint density at radius 1 is 1.30 bits per heavy atom. The number of ether oxygens (including phenoxy) is 1. The molecule has 2 aliphatic rings. The molecule has 0 spiro atoms. The quantitative estimate of drug-likeness (QED) is 0.807. The molecule has 3 rings (SSSR count). The molecule has 2 aliphatic heterocycles. The van der Waals surface area contributed by atoms with Crippen molar-refractivity contribution in [2.24, 2.45) is 5.92 Å². The number of sulfonamides is 1. The van der Waals surface area contributed by atoms with Crippen LogP contribution in [0.15, 0.2) is 23.1 Å². The maximum Gasteiger partial charge on any atom is 0.243 e. The molecule has 1 N–H and O–H groups in total. The van der Waals surface area contributed by atoms with Crippen LogP contribution in [0.2, 0.25) is 0 Å². The van der Waals surface area contributed by atoms with Crippen LogP contribution < -0.4 is 5.43 Å². The summed E-state index contributed by atoms with van der Waals surface area (Å²) >= 11 is 0. The lowest BCUT2D eigenvalue weighted by Crippen LogP contribution is -2.49. The Bertz CT molecular complexity index is 781. The maximum atomic E-state index is 13.8. The molecule has 0 aromatic heterocycles. The van der Waals surface area contributed by atoms with E-state index in [9.17, 15) is 17.6 Å². The number of morpholine rings is 1. The molecular weight excluding hydrogens is 373 g/mol. The molecule has 1 aromatic rings. The zero-order chi connectivity index (χ0) is 19.4. The van der Waals surface area contributed by atoms with E-state index in [0.29, 0.717) is 44.8 Å². The van der Waals surface area contributed by atoms with Crippen LogP contribution in [0.25, 0.3) is 0 Å². The molecule has 0 radical (unpaired) electrons. The predicted octanol–water partition coefficient (Wildman–Crippen LogP) is 1.29. The van der Waals surface area contributed by atoms with Gasteiger partial charge in [0.25, 0.3) is 0 Å². The number of halogens is 1. The van der Waals surface area contributed by atoms with Gasteiger partial charge < -0.3 is 4.74 Å². The highest BCUT2D eigenvalue weighted by Crippen LogP contribution is 2.26. The number of aryl methyl sites for hydroxylation is 1. The number of rotatable bonds is 5. The van der Waals surface area contributed by atoms with Crippen molar-refractivity contribution in [3.8, 4) is 0 Å². The smallest absolute Gasteiger partial charge is 0.243 e. The molecule has 0 saturated carbocycles. The summed E-state index contributed by atoms with van der Waals surface area (Å²) in [5, 5.41) is 1.83. The monoisotopic (exact) mass is 399 g/mol. The molecule has 1 amide bonds. The topological polar surface area (TPSA) is 79.0 Å². The summed E-state index contributed by atoms with van der Waals surface area (Å²) in [5.74, 6) is -0.693. The maximum absolute atomic E-state index is 13.8. The van der Waals surface area contributed by atoms with Gasteiger partial charge >= 0.3 is 0 Å². The van der Waals surface area contributed by atoms with E-state index in [-0.39, 0.29) is 29.7 Å². The van der Waals surface area contributed by atoms with E-state index in [1.54, 1.807) is 6.92 Å². The number of hydrazine groups is 1. The Morgan fingerprint density at radius 3 is 2.74 bits per heavy atom. The Morgan fingerprint density at radius 2 is 2.04 bits per heavy atom. The fraction of sp³-hybridized carbons (Fsp3) is 0.611. The van der Waals surface area contributed by atoms with Crippen molar-refractivity contribution >= 4 is 15.9 Å². The summed E-state index contributed by atoms with van der Waals surface area (Å²) in [6.45, 7) is 4.72. The molecule has 2 heterocycles. The third-order valence-corrected chi connectivity index (χ3v) is 6.89. The minimum atomic E-state index is -3.76. The van der Waals surface area contributed by atoms with Crippen LogP contribution in [0.1, 0.15) is 24.8 Å². The van der Waals surface area contributed by atoms with Crippen LogP contribution in [0.3, 0.4) is 0 Å². The van der Waals surface area contributed by atoms with Crippen LogP contribution in [-0.4, -0.2) is 63.0 Å². The molecule has 150 valence electrons. The SMILES string of the molecule is Cc1ccc(S(=O)(=O)N2CCCC(CC(=O)NN3CCOCC3)C2)cc1F. The molecular formula is C18H26FN3O4S. The molecule has 7 nitrogen and oxygen atoms in total. The molecule has 2 saturated heterocycles.